The van der Waals surface area contributed by atoms with Crippen LogP contribution in [0.1, 0.15) is 36.8 Å². The summed E-state index contributed by atoms with van der Waals surface area (Å²) in [5.41, 5.74) is 2.50. The third kappa shape index (κ3) is 6.99. The Labute approximate surface area is 124 Å². The van der Waals surface area contributed by atoms with Crippen LogP contribution in [0, 0.1) is 6.92 Å². The van der Waals surface area contributed by atoms with E-state index in [0.29, 0.717) is 6.42 Å². The molecule has 1 aromatic rings. The fourth-order valence-electron chi connectivity index (χ4n) is 1.84. The number of aryl methyl sites for hydroxylation is 2. The Kier molecular flexibility index (Phi) is 8.05. The van der Waals surface area contributed by atoms with Crippen LogP contribution in [0.2, 0.25) is 0 Å². The normalized spacial score (nSPS) is 10.3. The minimum absolute atomic E-state index is 0.172. The molecule has 0 radical (unpaired) electrons. The van der Waals surface area contributed by atoms with Crippen LogP contribution in [0.4, 0.5) is 0 Å². The molecule has 0 aliphatic heterocycles. The molecule has 100 valence electrons. The summed E-state index contributed by atoms with van der Waals surface area (Å²) in [6.07, 6.45) is 4.98. The van der Waals surface area contributed by atoms with Crippen molar-refractivity contribution in [3.8, 4) is 0 Å². The maximum Gasteiger partial charge on any atom is 0.220 e. The topological polar surface area (TPSA) is 29.1 Å². The zero-order valence-electron chi connectivity index (χ0n) is 11.0. The fourth-order valence-corrected chi connectivity index (χ4v) is 2.38. The van der Waals surface area contributed by atoms with Gasteiger partial charge in [0, 0.05) is 13.0 Å². The van der Waals surface area contributed by atoms with Crippen molar-refractivity contribution in [2.24, 2.45) is 0 Å². The average Bonchev–Trinajstić information content (AvgIpc) is 2.36. The molecule has 1 rings (SSSR count). The maximum absolute atomic E-state index is 11.6. The molecule has 1 amide bonds. The van der Waals surface area contributed by atoms with Crippen molar-refractivity contribution in [3.63, 3.8) is 0 Å². The number of amides is 1. The van der Waals surface area contributed by atoms with Crippen LogP contribution in [-0.4, -0.2) is 16.9 Å². The number of hydrogen-bond donors (Lipinski definition) is 1. The summed E-state index contributed by atoms with van der Waals surface area (Å²) in [6.45, 7) is 2.90. The number of carbonyl (C=O) groups excluding carboxylic acids is 1. The molecule has 1 N–H and O–H groups in total. The molecule has 0 spiro atoms. The average molecular weight is 359 g/mol. The monoisotopic (exact) mass is 359 g/mol. The Hall–Kier alpha value is -0.580. The molecule has 0 atom stereocenters. The standard InChI is InChI=1S/C15H22INO/c1-13-6-5-7-14(12-13)8-9-15(18)17-11-4-2-3-10-16/h5-7,12H,2-4,8-11H2,1H3,(H,17,18). The van der Waals surface area contributed by atoms with Gasteiger partial charge in [0.2, 0.25) is 5.91 Å². The van der Waals surface area contributed by atoms with E-state index in [0.717, 1.165) is 19.4 Å². The van der Waals surface area contributed by atoms with Crippen molar-refractivity contribution >= 4 is 28.5 Å². The molecule has 0 heterocycles. The summed E-state index contributed by atoms with van der Waals surface area (Å²) in [4.78, 5) is 11.6. The van der Waals surface area contributed by atoms with Gasteiger partial charge >= 0.3 is 0 Å². The minimum atomic E-state index is 0.172. The number of unbranched alkanes of at least 4 members (excludes halogenated alkanes) is 2. The Morgan fingerprint density at radius 2 is 2.11 bits per heavy atom. The summed E-state index contributed by atoms with van der Waals surface area (Å²) >= 11 is 2.39. The smallest absolute Gasteiger partial charge is 0.220 e. The Bertz CT molecular complexity index is 365. The van der Waals surface area contributed by atoms with Crippen LogP contribution in [0.5, 0.6) is 0 Å². The second kappa shape index (κ2) is 9.36. The summed E-state index contributed by atoms with van der Waals surface area (Å²) in [7, 11) is 0. The van der Waals surface area contributed by atoms with E-state index >= 15 is 0 Å². The molecular weight excluding hydrogens is 337 g/mol. The van der Waals surface area contributed by atoms with E-state index in [1.807, 2.05) is 6.07 Å². The lowest BCUT2D eigenvalue weighted by molar-refractivity contribution is -0.121. The number of benzene rings is 1. The van der Waals surface area contributed by atoms with Gasteiger partial charge in [-0.25, -0.2) is 0 Å². The highest BCUT2D eigenvalue weighted by molar-refractivity contribution is 14.1. The number of alkyl halides is 1. The molecule has 0 aliphatic carbocycles. The third-order valence-electron chi connectivity index (χ3n) is 2.86. The van der Waals surface area contributed by atoms with Gasteiger partial charge in [-0.15, -0.1) is 0 Å². The quantitative estimate of drug-likeness (QED) is 0.429. The van der Waals surface area contributed by atoms with Crippen LogP contribution >= 0.6 is 22.6 Å². The number of halogens is 1. The highest BCUT2D eigenvalue weighted by atomic mass is 127. The zero-order chi connectivity index (χ0) is 13.2. The van der Waals surface area contributed by atoms with E-state index in [1.54, 1.807) is 0 Å². The molecule has 0 fully saturated rings. The van der Waals surface area contributed by atoms with Crippen LogP contribution in [0.15, 0.2) is 24.3 Å². The SMILES string of the molecule is Cc1cccc(CCC(=O)NCCCCCI)c1. The first-order valence-corrected chi connectivity index (χ1v) is 8.13. The molecule has 18 heavy (non-hydrogen) atoms. The highest BCUT2D eigenvalue weighted by Crippen LogP contribution is 2.06. The first kappa shape index (κ1) is 15.5. The third-order valence-corrected chi connectivity index (χ3v) is 3.62. The molecule has 2 nitrogen and oxygen atoms in total. The summed E-state index contributed by atoms with van der Waals surface area (Å²) < 4.78 is 1.21. The van der Waals surface area contributed by atoms with Gasteiger partial charge in [-0.2, -0.15) is 0 Å². The van der Waals surface area contributed by atoms with E-state index < -0.39 is 0 Å². The van der Waals surface area contributed by atoms with E-state index in [4.69, 9.17) is 0 Å². The highest BCUT2D eigenvalue weighted by Gasteiger charge is 2.01. The predicted molar refractivity (Wildman–Crippen MR) is 85.2 cm³/mol. The lowest BCUT2D eigenvalue weighted by Crippen LogP contribution is -2.24. The molecule has 0 aromatic heterocycles. The Morgan fingerprint density at radius 1 is 1.28 bits per heavy atom. The lowest BCUT2D eigenvalue weighted by Gasteiger charge is -2.05. The van der Waals surface area contributed by atoms with Gasteiger partial charge in [-0.1, -0.05) is 58.8 Å². The summed E-state index contributed by atoms with van der Waals surface area (Å²) in [5.74, 6) is 0.172. The zero-order valence-corrected chi connectivity index (χ0v) is 13.2. The van der Waals surface area contributed by atoms with Crippen LogP contribution in [-0.2, 0) is 11.2 Å². The maximum atomic E-state index is 11.6. The van der Waals surface area contributed by atoms with Crippen LogP contribution < -0.4 is 5.32 Å². The first-order chi connectivity index (χ1) is 8.72. The van der Waals surface area contributed by atoms with Crippen molar-refractivity contribution in [2.75, 3.05) is 11.0 Å². The second-order valence-corrected chi connectivity index (χ2v) is 5.67. The van der Waals surface area contributed by atoms with Crippen molar-refractivity contribution < 1.29 is 4.79 Å². The van der Waals surface area contributed by atoms with E-state index in [9.17, 15) is 4.79 Å². The van der Waals surface area contributed by atoms with Gasteiger partial charge in [-0.3, -0.25) is 4.79 Å². The number of nitrogens with one attached hydrogen (secondary N) is 1. The largest absolute Gasteiger partial charge is 0.356 e. The first-order valence-electron chi connectivity index (χ1n) is 6.60. The van der Waals surface area contributed by atoms with Crippen LogP contribution in [0.25, 0.3) is 0 Å². The van der Waals surface area contributed by atoms with E-state index in [1.165, 1.54) is 28.4 Å². The lowest BCUT2D eigenvalue weighted by atomic mass is 10.1. The van der Waals surface area contributed by atoms with E-state index in [2.05, 4.69) is 53.0 Å². The van der Waals surface area contributed by atoms with Gasteiger partial charge in [-0.05, 0) is 36.2 Å². The summed E-state index contributed by atoms with van der Waals surface area (Å²) in [5, 5.41) is 2.99. The number of carbonyl (C=O) groups is 1. The molecule has 0 unspecified atom stereocenters. The molecular formula is C15H22INO. The Morgan fingerprint density at radius 3 is 2.83 bits per heavy atom. The fraction of sp³-hybridized carbons (Fsp3) is 0.533. The Balaban J connectivity index is 2.13. The summed E-state index contributed by atoms with van der Waals surface area (Å²) in [6, 6.07) is 8.36. The molecule has 3 heteroatoms. The van der Waals surface area contributed by atoms with Crippen molar-refractivity contribution in [2.45, 2.75) is 39.0 Å². The van der Waals surface area contributed by atoms with E-state index in [-0.39, 0.29) is 5.91 Å². The van der Waals surface area contributed by atoms with Gasteiger partial charge in [0.25, 0.3) is 0 Å². The second-order valence-electron chi connectivity index (χ2n) is 4.59. The van der Waals surface area contributed by atoms with Gasteiger partial charge < -0.3 is 5.32 Å². The minimum Gasteiger partial charge on any atom is -0.356 e. The van der Waals surface area contributed by atoms with Gasteiger partial charge in [0.05, 0.1) is 0 Å². The van der Waals surface area contributed by atoms with Crippen molar-refractivity contribution in [3.05, 3.63) is 35.4 Å². The number of rotatable bonds is 8. The van der Waals surface area contributed by atoms with Crippen molar-refractivity contribution in [1.82, 2.24) is 5.32 Å². The van der Waals surface area contributed by atoms with Crippen molar-refractivity contribution in [1.29, 1.82) is 0 Å². The molecule has 1 aromatic carbocycles. The predicted octanol–water partition coefficient (Wildman–Crippen LogP) is 3.65. The van der Waals surface area contributed by atoms with Gasteiger partial charge in [0.15, 0.2) is 0 Å². The molecule has 0 aliphatic rings. The number of hydrogen-bond acceptors (Lipinski definition) is 1. The molecule has 0 saturated heterocycles. The molecule has 0 saturated carbocycles. The molecule has 0 bridgehead atoms. The van der Waals surface area contributed by atoms with Crippen LogP contribution in [0.3, 0.4) is 0 Å². The van der Waals surface area contributed by atoms with Gasteiger partial charge in [0.1, 0.15) is 0 Å².